The third kappa shape index (κ3) is 3.86. The Hall–Kier alpha value is -0.780. The maximum atomic E-state index is 12.3. The molecule has 0 atom stereocenters. The van der Waals surface area contributed by atoms with Gasteiger partial charge < -0.3 is 9.84 Å². The van der Waals surface area contributed by atoms with Crippen LogP contribution in [0.4, 0.5) is 26.3 Å². The summed E-state index contributed by atoms with van der Waals surface area (Å²) < 4.78 is 76.2. The molecule has 0 amide bonds. The minimum atomic E-state index is -5.08. The molecular formula is C8H4F6INO2. The number of nitrogens with zero attached hydrogens (tertiary/aromatic N) is 1. The lowest BCUT2D eigenvalue weighted by Gasteiger charge is -2.15. The quantitative estimate of drug-likeness (QED) is 0.627. The molecule has 1 N–H and O–H groups in total. The van der Waals surface area contributed by atoms with Crippen LogP contribution in [0.5, 0.6) is 5.75 Å². The number of pyridine rings is 1. The van der Waals surface area contributed by atoms with E-state index >= 15 is 0 Å². The number of hydrogen-bond acceptors (Lipinski definition) is 3. The predicted octanol–water partition coefficient (Wildman–Crippen LogP) is 3.10. The number of ether oxygens (including phenoxy) is 1. The van der Waals surface area contributed by atoms with Gasteiger partial charge in [0, 0.05) is 0 Å². The highest BCUT2D eigenvalue weighted by Crippen LogP contribution is 2.35. The zero-order valence-electron chi connectivity index (χ0n) is 8.23. The van der Waals surface area contributed by atoms with E-state index in [2.05, 4.69) is 9.72 Å². The summed E-state index contributed by atoms with van der Waals surface area (Å²) in [4.78, 5) is 2.90. The summed E-state index contributed by atoms with van der Waals surface area (Å²) >= 11 is 1.24. The Balaban J connectivity index is 3.29. The molecule has 0 saturated carbocycles. The summed E-state index contributed by atoms with van der Waals surface area (Å²) in [6.45, 7) is -1.11. The Labute approximate surface area is 110 Å². The average molecular weight is 387 g/mol. The van der Waals surface area contributed by atoms with Gasteiger partial charge in [-0.2, -0.15) is 13.2 Å². The van der Waals surface area contributed by atoms with E-state index in [0.29, 0.717) is 6.07 Å². The van der Waals surface area contributed by atoms with Crippen molar-refractivity contribution in [2.45, 2.75) is 19.1 Å². The van der Waals surface area contributed by atoms with Crippen molar-refractivity contribution >= 4 is 22.6 Å². The molecular weight excluding hydrogens is 383 g/mol. The highest BCUT2D eigenvalue weighted by Gasteiger charge is 2.37. The Morgan fingerprint density at radius 2 is 1.78 bits per heavy atom. The summed E-state index contributed by atoms with van der Waals surface area (Å²) in [5, 5.41) is 8.75. The molecule has 0 radical (unpaired) electrons. The smallest absolute Gasteiger partial charge is 0.403 e. The molecule has 1 aromatic rings. The first-order valence-electron chi connectivity index (χ1n) is 4.18. The lowest BCUT2D eigenvalue weighted by atomic mass is 10.2. The summed E-state index contributed by atoms with van der Waals surface area (Å²) in [7, 11) is 0. The molecule has 1 rings (SSSR count). The standard InChI is InChI=1S/C8H4F6INO2/c9-7(10,11)5-1-3(15)6(4(2-17)16-5)18-8(12,13)14/h1,17H,2H2. The minimum Gasteiger partial charge on any atom is -0.403 e. The van der Waals surface area contributed by atoms with Crippen LogP contribution in [0, 0.1) is 3.57 Å². The first-order chi connectivity index (χ1) is 8.04. The van der Waals surface area contributed by atoms with Crippen molar-refractivity contribution in [2.75, 3.05) is 0 Å². The number of aliphatic hydroxyl groups excluding tert-OH is 1. The molecule has 0 aliphatic carbocycles. The molecule has 1 heterocycles. The maximum Gasteiger partial charge on any atom is 0.573 e. The van der Waals surface area contributed by atoms with Gasteiger partial charge in [-0.1, -0.05) is 0 Å². The van der Waals surface area contributed by atoms with E-state index in [0.717, 1.165) is 0 Å². The molecule has 0 spiro atoms. The van der Waals surface area contributed by atoms with Gasteiger partial charge in [0.25, 0.3) is 0 Å². The van der Waals surface area contributed by atoms with Crippen LogP contribution >= 0.6 is 22.6 Å². The zero-order valence-corrected chi connectivity index (χ0v) is 10.4. The van der Waals surface area contributed by atoms with Crippen LogP contribution in [0.1, 0.15) is 11.4 Å². The van der Waals surface area contributed by atoms with Crippen LogP contribution in [0.15, 0.2) is 6.07 Å². The van der Waals surface area contributed by atoms with Crippen molar-refractivity contribution in [1.82, 2.24) is 4.98 Å². The van der Waals surface area contributed by atoms with E-state index in [-0.39, 0.29) is 0 Å². The van der Waals surface area contributed by atoms with Crippen LogP contribution in [0.25, 0.3) is 0 Å². The van der Waals surface area contributed by atoms with Gasteiger partial charge in [-0.25, -0.2) is 4.98 Å². The molecule has 10 heteroatoms. The summed E-state index contributed by atoms with van der Waals surface area (Å²) in [6, 6.07) is 0.404. The number of aromatic nitrogens is 1. The van der Waals surface area contributed by atoms with Gasteiger partial charge in [-0.15, -0.1) is 13.2 Å². The Morgan fingerprint density at radius 3 is 2.17 bits per heavy atom. The second-order valence-electron chi connectivity index (χ2n) is 2.97. The van der Waals surface area contributed by atoms with Crippen molar-refractivity contribution in [3.63, 3.8) is 0 Å². The average Bonchev–Trinajstić information content (AvgIpc) is 2.17. The third-order valence-electron chi connectivity index (χ3n) is 1.66. The van der Waals surface area contributed by atoms with Gasteiger partial charge >= 0.3 is 12.5 Å². The van der Waals surface area contributed by atoms with Crippen LogP contribution in [-0.4, -0.2) is 16.5 Å². The Kier molecular flexibility index (Phi) is 4.30. The third-order valence-corrected chi connectivity index (χ3v) is 2.46. The fraction of sp³-hybridized carbons (Fsp3) is 0.375. The Bertz CT molecular complexity index is 444. The van der Waals surface area contributed by atoms with Crippen LogP contribution < -0.4 is 4.74 Å². The van der Waals surface area contributed by atoms with Crippen molar-refractivity contribution in [2.24, 2.45) is 0 Å². The molecule has 18 heavy (non-hydrogen) atoms. The van der Waals surface area contributed by atoms with Gasteiger partial charge in [0.2, 0.25) is 0 Å². The number of halogens is 7. The van der Waals surface area contributed by atoms with Gasteiger partial charge in [0.1, 0.15) is 11.4 Å². The van der Waals surface area contributed by atoms with Crippen molar-refractivity contribution in [3.8, 4) is 5.75 Å². The fourth-order valence-corrected chi connectivity index (χ4v) is 1.74. The molecule has 3 nitrogen and oxygen atoms in total. The van der Waals surface area contributed by atoms with E-state index in [4.69, 9.17) is 5.11 Å². The van der Waals surface area contributed by atoms with Crippen molar-refractivity contribution in [1.29, 1.82) is 0 Å². The topological polar surface area (TPSA) is 42.4 Å². The molecule has 0 aliphatic rings. The molecule has 102 valence electrons. The van der Waals surface area contributed by atoms with E-state index < -0.39 is 39.9 Å². The molecule has 1 aromatic heterocycles. The summed E-state index contributed by atoms with van der Waals surface area (Å²) in [6.07, 6.45) is -9.90. The monoisotopic (exact) mass is 387 g/mol. The van der Waals surface area contributed by atoms with Gasteiger partial charge in [0.15, 0.2) is 5.75 Å². The van der Waals surface area contributed by atoms with Crippen LogP contribution in [0.2, 0.25) is 0 Å². The van der Waals surface area contributed by atoms with E-state index in [1.807, 2.05) is 0 Å². The fourth-order valence-electron chi connectivity index (χ4n) is 1.03. The molecule has 0 fully saturated rings. The van der Waals surface area contributed by atoms with Crippen LogP contribution in [-0.2, 0) is 12.8 Å². The van der Waals surface area contributed by atoms with Gasteiger partial charge in [-0.05, 0) is 28.7 Å². The molecule has 0 bridgehead atoms. The highest BCUT2D eigenvalue weighted by atomic mass is 127. The lowest BCUT2D eigenvalue weighted by molar-refractivity contribution is -0.275. The van der Waals surface area contributed by atoms with Crippen molar-refractivity contribution in [3.05, 3.63) is 21.0 Å². The first-order valence-corrected chi connectivity index (χ1v) is 5.25. The highest BCUT2D eigenvalue weighted by molar-refractivity contribution is 14.1. The molecule has 0 aliphatic heterocycles. The zero-order chi connectivity index (χ0) is 14.1. The van der Waals surface area contributed by atoms with Crippen LogP contribution in [0.3, 0.4) is 0 Å². The van der Waals surface area contributed by atoms with E-state index in [1.165, 1.54) is 22.6 Å². The van der Waals surface area contributed by atoms with Gasteiger partial charge in [0.05, 0.1) is 10.2 Å². The SMILES string of the molecule is OCc1nc(C(F)(F)F)cc(I)c1OC(F)(F)F. The first kappa shape index (κ1) is 15.3. The number of hydrogen-bond donors (Lipinski definition) is 1. The summed E-state index contributed by atoms with van der Waals surface area (Å²) in [5.74, 6) is -0.932. The number of rotatable bonds is 2. The number of aliphatic hydroxyl groups is 1. The number of alkyl halides is 6. The second-order valence-corrected chi connectivity index (χ2v) is 4.13. The molecule has 0 unspecified atom stereocenters. The summed E-state index contributed by atoms with van der Waals surface area (Å²) in [5.41, 5.74) is -2.22. The van der Waals surface area contributed by atoms with Gasteiger partial charge in [-0.3, -0.25) is 0 Å². The predicted molar refractivity (Wildman–Crippen MR) is 54.6 cm³/mol. The maximum absolute atomic E-state index is 12.3. The van der Waals surface area contributed by atoms with Crippen molar-refractivity contribution < 1.29 is 36.2 Å². The lowest BCUT2D eigenvalue weighted by Crippen LogP contribution is -2.20. The van der Waals surface area contributed by atoms with E-state index in [9.17, 15) is 26.3 Å². The largest absolute Gasteiger partial charge is 0.573 e. The second kappa shape index (κ2) is 5.07. The minimum absolute atomic E-state index is 0.404. The van der Waals surface area contributed by atoms with E-state index in [1.54, 1.807) is 0 Å². The Morgan fingerprint density at radius 1 is 1.22 bits per heavy atom. The molecule has 0 aromatic carbocycles. The normalized spacial score (nSPS) is 12.7. The molecule has 0 saturated heterocycles.